The number of hydrogen-bond donors (Lipinski definition) is 1. The van der Waals surface area contributed by atoms with E-state index in [1.807, 2.05) is 37.4 Å². The van der Waals surface area contributed by atoms with Crippen molar-refractivity contribution in [3.05, 3.63) is 48.0 Å². The highest BCUT2D eigenvalue weighted by Crippen LogP contribution is 2.28. The van der Waals surface area contributed by atoms with Crippen molar-refractivity contribution in [1.29, 1.82) is 0 Å². The third-order valence-electron chi connectivity index (χ3n) is 5.00. The van der Waals surface area contributed by atoms with E-state index in [-0.39, 0.29) is 18.2 Å². The van der Waals surface area contributed by atoms with Gasteiger partial charge >= 0.3 is 0 Å². The number of nitrogens with zero attached hydrogens (tertiary/aromatic N) is 1. The molecular formula is C23H29N2O5+. The highest BCUT2D eigenvalue weighted by molar-refractivity contribution is 6.21. The largest absolute Gasteiger partial charge is 0.497 e. The normalized spacial score (nSPS) is 16.1. The maximum Gasteiger partial charge on any atom is 0.292 e. The van der Waals surface area contributed by atoms with E-state index in [2.05, 4.69) is 0 Å². The number of ether oxygens (including phenoxy) is 3. The molecule has 1 saturated heterocycles. The van der Waals surface area contributed by atoms with Crippen LogP contribution in [0.1, 0.15) is 25.8 Å². The zero-order valence-electron chi connectivity index (χ0n) is 17.7. The second-order valence-electron chi connectivity index (χ2n) is 7.00. The first-order valence-corrected chi connectivity index (χ1v) is 10.3. The van der Waals surface area contributed by atoms with Crippen LogP contribution in [0.25, 0.3) is 0 Å². The van der Waals surface area contributed by atoms with E-state index in [1.165, 1.54) is 4.90 Å². The van der Waals surface area contributed by atoms with Crippen LogP contribution in [-0.4, -0.2) is 44.7 Å². The molecule has 1 heterocycles. The minimum atomic E-state index is -0.395. The lowest BCUT2D eigenvalue weighted by Crippen LogP contribution is -2.92. The molecule has 0 spiro atoms. The lowest BCUT2D eigenvalue weighted by molar-refractivity contribution is -0.674. The van der Waals surface area contributed by atoms with E-state index in [0.717, 1.165) is 23.5 Å². The van der Waals surface area contributed by atoms with Gasteiger partial charge in [0.2, 0.25) is 5.91 Å². The molecule has 30 heavy (non-hydrogen) atoms. The lowest BCUT2D eigenvalue weighted by atomic mass is 10.1. The Kier molecular flexibility index (Phi) is 7.30. The van der Waals surface area contributed by atoms with E-state index >= 15 is 0 Å². The predicted octanol–water partition coefficient (Wildman–Crippen LogP) is 1.93. The summed E-state index contributed by atoms with van der Waals surface area (Å²) in [5, 5.41) is 1.95. The minimum absolute atomic E-state index is 0.174. The fraction of sp³-hybridized carbons (Fsp3) is 0.391. The van der Waals surface area contributed by atoms with Crippen LogP contribution in [0.3, 0.4) is 0 Å². The Balaban J connectivity index is 1.59. The molecule has 1 atom stereocenters. The first-order chi connectivity index (χ1) is 14.6. The Morgan fingerprint density at radius 2 is 1.70 bits per heavy atom. The molecule has 7 nitrogen and oxygen atoms in total. The SMILES string of the molecule is CCOc1ccc(CC[NH2+][C@H]2CC(=O)N(c3ccc(OC)cc3)C2=O)cc1OCC. The molecule has 1 aliphatic rings. The zero-order valence-corrected chi connectivity index (χ0v) is 17.7. The number of carbonyl (C=O) groups excluding carboxylic acids is 2. The first kappa shape index (κ1) is 21.6. The Labute approximate surface area is 176 Å². The van der Waals surface area contributed by atoms with Crippen molar-refractivity contribution >= 4 is 17.5 Å². The van der Waals surface area contributed by atoms with Crippen molar-refractivity contribution in [2.75, 3.05) is 31.8 Å². The maximum atomic E-state index is 12.8. The van der Waals surface area contributed by atoms with E-state index < -0.39 is 6.04 Å². The number of quaternary nitrogens is 1. The molecule has 0 unspecified atom stereocenters. The van der Waals surface area contributed by atoms with Crippen LogP contribution in [0.5, 0.6) is 17.2 Å². The van der Waals surface area contributed by atoms with Gasteiger partial charge in [-0.05, 0) is 55.8 Å². The number of methoxy groups -OCH3 is 1. The summed E-state index contributed by atoms with van der Waals surface area (Å²) in [6.45, 7) is 5.71. The minimum Gasteiger partial charge on any atom is -0.497 e. The molecule has 2 N–H and O–H groups in total. The number of anilines is 1. The van der Waals surface area contributed by atoms with Crippen molar-refractivity contribution in [2.45, 2.75) is 32.7 Å². The van der Waals surface area contributed by atoms with E-state index in [0.29, 0.717) is 31.2 Å². The molecule has 1 aliphatic heterocycles. The van der Waals surface area contributed by atoms with Crippen molar-refractivity contribution in [3.63, 3.8) is 0 Å². The molecule has 0 bridgehead atoms. The van der Waals surface area contributed by atoms with Gasteiger partial charge in [-0.1, -0.05) is 6.07 Å². The summed E-state index contributed by atoms with van der Waals surface area (Å²) in [5.41, 5.74) is 1.68. The van der Waals surface area contributed by atoms with Crippen LogP contribution in [0, 0.1) is 0 Å². The average molecular weight is 413 g/mol. The fourth-order valence-corrected chi connectivity index (χ4v) is 3.54. The molecule has 2 aromatic rings. The highest BCUT2D eigenvalue weighted by Gasteiger charge is 2.42. The number of rotatable bonds is 10. The van der Waals surface area contributed by atoms with Crippen LogP contribution in [0.4, 0.5) is 5.69 Å². The molecule has 1 fully saturated rings. The number of imide groups is 1. The molecule has 2 amide bonds. The van der Waals surface area contributed by atoms with Gasteiger partial charge in [-0.15, -0.1) is 0 Å². The molecule has 7 heteroatoms. The summed E-state index contributed by atoms with van der Waals surface area (Å²) in [5.74, 6) is 1.80. The van der Waals surface area contributed by atoms with Gasteiger partial charge in [-0.25, -0.2) is 4.90 Å². The molecule has 160 valence electrons. The van der Waals surface area contributed by atoms with E-state index in [1.54, 1.807) is 31.4 Å². The van der Waals surface area contributed by atoms with Gasteiger partial charge in [0.05, 0.1) is 39.0 Å². The van der Waals surface area contributed by atoms with Crippen molar-refractivity contribution in [2.24, 2.45) is 0 Å². The molecule has 0 saturated carbocycles. The topological polar surface area (TPSA) is 81.7 Å². The third kappa shape index (κ3) is 4.91. The number of benzene rings is 2. The fourth-order valence-electron chi connectivity index (χ4n) is 3.54. The quantitative estimate of drug-likeness (QED) is 0.602. The first-order valence-electron chi connectivity index (χ1n) is 10.3. The molecular weight excluding hydrogens is 384 g/mol. The second kappa shape index (κ2) is 10.1. The number of carbonyl (C=O) groups is 2. The van der Waals surface area contributed by atoms with Gasteiger partial charge in [0.25, 0.3) is 5.91 Å². The number of amides is 2. The molecule has 0 aliphatic carbocycles. The zero-order chi connectivity index (χ0) is 21.5. The standard InChI is InChI=1S/C23H28N2O5/c1-4-29-20-11-6-16(14-21(20)30-5-2)12-13-24-19-15-22(26)25(23(19)27)17-7-9-18(28-3)10-8-17/h6-11,14,19,24H,4-5,12-13,15H2,1-3H3/p+1/t19-/m0/s1. The molecule has 0 aromatic heterocycles. The monoisotopic (exact) mass is 413 g/mol. The van der Waals surface area contributed by atoms with Gasteiger partial charge in [-0.2, -0.15) is 0 Å². The van der Waals surface area contributed by atoms with Gasteiger partial charge in [0, 0.05) is 6.42 Å². The predicted molar refractivity (Wildman–Crippen MR) is 113 cm³/mol. The summed E-state index contributed by atoms with van der Waals surface area (Å²) >= 11 is 0. The average Bonchev–Trinajstić information content (AvgIpc) is 3.03. The van der Waals surface area contributed by atoms with Gasteiger partial charge in [0.1, 0.15) is 5.75 Å². The van der Waals surface area contributed by atoms with Gasteiger partial charge in [0.15, 0.2) is 17.5 Å². The van der Waals surface area contributed by atoms with Gasteiger partial charge in [-0.3, -0.25) is 9.59 Å². The Hall–Kier alpha value is -3.06. The van der Waals surface area contributed by atoms with Crippen LogP contribution in [0.2, 0.25) is 0 Å². The summed E-state index contributed by atoms with van der Waals surface area (Å²) in [6, 6.07) is 12.5. The lowest BCUT2D eigenvalue weighted by Gasteiger charge is -2.15. The molecule has 0 radical (unpaired) electrons. The summed E-state index contributed by atoms with van der Waals surface area (Å²) in [4.78, 5) is 26.5. The van der Waals surface area contributed by atoms with E-state index in [4.69, 9.17) is 14.2 Å². The summed E-state index contributed by atoms with van der Waals surface area (Å²) < 4.78 is 16.4. The summed E-state index contributed by atoms with van der Waals surface area (Å²) in [6.07, 6.45) is 0.964. The Morgan fingerprint density at radius 3 is 2.37 bits per heavy atom. The van der Waals surface area contributed by atoms with Crippen LogP contribution < -0.4 is 24.4 Å². The highest BCUT2D eigenvalue weighted by atomic mass is 16.5. The van der Waals surface area contributed by atoms with Crippen LogP contribution in [0.15, 0.2) is 42.5 Å². The third-order valence-corrected chi connectivity index (χ3v) is 5.00. The summed E-state index contributed by atoms with van der Waals surface area (Å²) in [7, 11) is 1.58. The smallest absolute Gasteiger partial charge is 0.292 e. The second-order valence-corrected chi connectivity index (χ2v) is 7.00. The molecule has 3 rings (SSSR count). The van der Waals surface area contributed by atoms with Crippen LogP contribution >= 0.6 is 0 Å². The van der Waals surface area contributed by atoms with Crippen molar-refractivity contribution < 1.29 is 29.1 Å². The Bertz CT molecular complexity index is 882. The van der Waals surface area contributed by atoms with Crippen molar-refractivity contribution in [3.8, 4) is 17.2 Å². The Morgan fingerprint density at radius 1 is 1.00 bits per heavy atom. The maximum absolute atomic E-state index is 12.8. The number of nitrogens with two attached hydrogens (primary N) is 1. The van der Waals surface area contributed by atoms with Crippen LogP contribution in [-0.2, 0) is 16.0 Å². The molecule has 2 aromatic carbocycles. The van der Waals surface area contributed by atoms with Crippen molar-refractivity contribution in [1.82, 2.24) is 0 Å². The number of hydrogen-bond acceptors (Lipinski definition) is 5. The van der Waals surface area contributed by atoms with Gasteiger partial charge < -0.3 is 19.5 Å². The van der Waals surface area contributed by atoms with E-state index in [9.17, 15) is 9.59 Å².